The fourth-order valence-electron chi connectivity index (χ4n) is 2.47. The van der Waals surface area contributed by atoms with Gasteiger partial charge in [-0.15, -0.1) is 0 Å². The number of nitrogens with one attached hydrogen (secondary N) is 1. The average Bonchev–Trinajstić information content (AvgIpc) is 3.15. The van der Waals surface area contributed by atoms with E-state index in [1.54, 1.807) is 19.2 Å². The van der Waals surface area contributed by atoms with Gasteiger partial charge in [-0.05, 0) is 24.6 Å². The smallest absolute Gasteiger partial charge is 0.322 e. The van der Waals surface area contributed by atoms with Crippen LogP contribution >= 0.6 is 11.6 Å². The Morgan fingerprint density at radius 3 is 2.70 bits per heavy atom. The van der Waals surface area contributed by atoms with Crippen molar-refractivity contribution >= 4 is 23.2 Å². The molecule has 2 aromatic heterocycles. The second-order valence-electron chi connectivity index (χ2n) is 5.91. The van der Waals surface area contributed by atoms with Gasteiger partial charge in [0.15, 0.2) is 0 Å². The van der Waals surface area contributed by atoms with Gasteiger partial charge in [0.05, 0.1) is 40.9 Å². The Hall–Kier alpha value is -2.81. The first-order chi connectivity index (χ1) is 12.7. The summed E-state index contributed by atoms with van der Waals surface area (Å²) in [4.78, 5) is 12.1. The minimum absolute atomic E-state index is 0.0165. The van der Waals surface area contributed by atoms with Crippen molar-refractivity contribution in [2.45, 2.75) is 26.2 Å². The molecule has 0 saturated carbocycles. The van der Waals surface area contributed by atoms with Crippen LogP contribution in [-0.2, 0) is 24.1 Å². The van der Waals surface area contributed by atoms with Crippen LogP contribution in [-0.4, -0.2) is 25.5 Å². The van der Waals surface area contributed by atoms with Crippen molar-refractivity contribution in [3.63, 3.8) is 0 Å². The predicted molar refractivity (Wildman–Crippen MR) is 93.4 cm³/mol. The number of alkyl halides is 3. The third-order valence-corrected chi connectivity index (χ3v) is 4.22. The average molecular weight is 398 g/mol. The van der Waals surface area contributed by atoms with Crippen molar-refractivity contribution in [2.24, 2.45) is 0 Å². The summed E-state index contributed by atoms with van der Waals surface area (Å²) in [6.45, 7) is 1.88. The maximum atomic E-state index is 12.8. The van der Waals surface area contributed by atoms with Crippen molar-refractivity contribution in [1.29, 1.82) is 0 Å². The molecule has 10 heteroatoms. The summed E-state index contributed by atoms with van der Waals surface area (Å²) in [7, 11) is 0. The highest BCUT2D eigenvalue weighted by Gasteiger charge is 2.30. The SMILES string of the molecule is Cc1c(Cl)cnn1CC(=O)Nc1cnn(Cc2cccc(C(F)(F)F)c2)c1. The van der Waals surface area contributed by atoms with Crippen LogP contribution in [0.1, 0.15) is 16.8 Å². The molecule has 1 N–H and O–H groups in total. The van der Waals surface area contributed by atoms with Crippen molar-refractivity contribution in [2.75, 3.05) is 5.32 Å². The quantitative estimate of drug-likeness (QED) is 0.713. The summed E-state index contributed by atoms with van der Waals surface area (Å²) in [5.74, 6) is -0.323. The molecule has 0 aliphatic rings. The fourth-order valence-corrected chi connectivity index (χ4v) is 2.61. The van der Waals surface area contributed by atoms with Gasteiger partial charge in [0, 0.05) is 6.20 Å². The number of hydrogen-bond donors (Lipinski definition) is 1. The van der Waals surface area contributed by atoms with Gasteiger partial charge in [-0.3, -0.25) is 14.2 Å². The summed E-state index contributed by atoms with van der Waals surface area (Å²) < 4.78 is 41.2. The number of aromatic nitrogens is 4. The molecule has 0 spiro atoms. The summed E-state index contributed by atoms with van der Waals surface area (Å²) >= 11 is 5.89. The summed E-state index contributed by atoms with van der Waals surface area (Å²) in [6, 6.07) is 5.02. The van der Waals surface area contributed by atoms with Crippen LogP contribution in [0.2, 0.25) is 5.02 Å². The molecule has 0 fully saturated rings. The Balaban J connectivity index is 1.63. The highest BCUT2D eigenvalue weighted by atomic mass is 35.5. The van der Waals surface area contributed by atoms with E-state index < -0.39 is 11.7 Å². The molecule has 2 heterocycles. The van der Waals surface area contributed by atoms with Crippen molar-refractivity contribution in [3.8, 4) is 0 Å². The van der Waals surface area contributed by atoms with E-state index in [2.05, 4.69) is 15.5 Å². The lowest BCUT2D eigenvalue weighted by molar-refractivity contribution is -0.137. The topological polar surface area (TPSA) is 64.7 Å². The van der Waals surface area contributed by atoms with Gasteiger partial charge in [0.25, 0.3) is 0 Å². The molecule has 0 radical (unpaired) electrons. The van der Waals surface area contributed by atoms with Crippen LogP contribution < -0.4 is 5.32 Å². The van der Waals surface area contributed by atoms with Gasteiger partial charge in [-0.25, -0.2) is 0 Å². The summed E-state index contributed by atoms with van der Waals surface area (Å²) in [6.07, 6.45) is 0.0274. The number of benzene rings is 1. The largest absolute Gasteiger partial charge is 0.416 e. The van der Waals surface area contributed by atoms with Crippen LogP contribution in [0.15, 0.2) is 42.9 Å². The molecule has 0 bridgehead atoms. The third kappa shape index (κ3) is 4.68. The molecule has 0 saturated heterocycles. The highest BCUT2D eigenvalue weighted by Crippen LogP contribution is 2.29. The zero-order chi connectivity index (χ0) is 19.6. The molecule has 3 rings (SSSR count). The zero-order valence-electron chi connectivity index (χ0n) is 14.2. The predicted octanol–water partition coefficient (Wildman–Crippen LogP) is 3.75. The minimum atomic E-state index is -4.40. The second-order valence-corrected chi connectivity index (χ2v) is 6.32. The first kappa shape index (κ1) is 19.0. The van der Waals surface area contributed by atoms with Gasteiger partial charge in [-0.2, -0.15) is 23.4 Å². The first-order valence-corrected chi connectivity index (χ1v) is 8.26. The first-order valence-electron chi connectivity index (χ1n) is 7.89. The van der Waals surface area contributed by atoms with Gasteiger partial charge >= 0.3 is 6.18 Å². The standard InChI is InChI=1S/C17H15ClF3N5O/c1-11-15(18)7-23-26(11)10-16(27)24-14-6-22-25(9-14)8-12-3-2-4-13(5-12)17(19,20)21/h2-7,9H,8,10H2,1H3,(H,24,27). The molecule has 6 nitrogen and oxygen atoms in total. The van der Waals surface area contributed by atoms with Crippen LogP contribution in [0.25, 0.3) is 0 Å². The number of halogens is 4. The maximum absolute atomic E-state index is 12.8. The number of amides is 1. The molecular formula is C17H15ClF3N5O. The zero-order valence-corrected chi connectivity index (χ0v) is 14.9. The van der Waals surface area contributed by atoms with E-state index in [1.807, 2.05) is 0 Å². The van der Waals surface area contributed by atoms with E-state index in [1.165, 1.54) is 27.8 Å². The van der Waals surface area contributed by atoms with Crippen molar-refractivity contribution in [3.05, 3.63) is 64.7 Å². The van der Waals surface area contributed by atoms with Crippen LogP contribution in [0.4, 0.5) is 18.9 Å². The Morgan fingerprint density at radius 1 is 1.26 bits per heavy atom. The molecule has 0 unspecified atom stereocenters. The van der Waals surface area contributed by atoms with Gasteiger partial charge in [0.2, 0.25) is 5.91 Å². The lowest BCUT2D eigenvalue weighted by atomic mass is 10.1. The molecule has 142 valence electrons. The van der Waals surface area contributed by atoms with Crippen LogP contribution in [0.5, 0.6) is 0 Å². The molecule has 3 aromatic rings. The van der Waals surface area contributed by atoms with Gasteiger partial charge in [-0.1, -0.05) is 23.7 Å². The lowest BCUT2D eigenvalue weighted by Crippen LogP contribution is -2.20. The van der Waals surface area contributed by atoms with Crippen molar-refractivity contribution < 1.29 is 18.0 Å². The van der Waals surface area contributed by atoms with E-state index in [4.69, 9.17) is 11.6 Å². The lowest BCUT2D eigenvalue weighted by Gasteiger charge is -2.08. The molecule has 0 aliphatic heterocycles. The Labute approximate surface area is 157 Å². The summed E-state index contributed by atoms with van der Waals surface area (Å²) in [5.41, 5.74) is 0.844. The number of anilines is 1. The number of carbonyl (C=O) groups is 1. The fraction of sp³-hybridized carbons (Fsp3) is 0.235. The molecule has 1 aromatic carbocycles. The molecule has 0 aliphatic carbocycles. The Morgan fingerprint density at radius 2 is 2.04 bits per heavy atom. The monoisotopic (exact) mass is 397 g/mol. The summed E-state index contributed by atoms with van der Waals surface area (Å²) in [5, 5.41) is 11.2. The van der Waals surface area contributed by atoms with E-state index >= 15 is 0 Å². The molecular weight excluding hydrogens is 383 g/mol. The van der Waals surface area contributed by atoms with E-state index in [0.717, 1.165) is 12.1 Å². The van der Waals surface area contributed by atoms with E-state index in [0.29, 0.717) is 22.0 Å². The highest BCUT2D eigenvalue weighted by molar-refractivity contribution is 6.31. The third-order valence-electron chi connectivity index (χ3n) is 3.85. The van der Waals surface area contributed by atoms with E-state index in [9.17, 15) is 18.0 Å². The van der Waals surface area contributed by atoms with Crippen molar-refractivity contribution in [1.82, 2.24) is 19.6 Å². The number of hydrogen-bond acceptors (Lipinski definition) is 3. The second kappa shape index (κ2) is 7.43. The van der Waals surface area contributed by atoms with Gasteiger partial charge < -0.3 is 5.32 Å². The van der Waals surface area contributed by atoms with Gasteiger partial charge in [0.1, 0.15) is 6.54 Å². The number of rotatable bonds is 5. The Kier molecular flexibility index (Phi) is 5.22. The normalized spacial score (nSPS) is 11.6. The molecule has 0 atom stereocenters. The number of nitrogens with zero attached hydrogens (tertiary/aromatic N) is 4. The van der Waals surface area contributed by atoms with Crippen LogP contribution in [0.3, 0.4) is 0 Å². The van der Waals surface area contributed by atoms with E-state index in [-0.39, 0.29) is 19.0 Å². The minimum Gasteiger partial charge on any atom is -0.322 e. The van der Waals surface area contributed by atoms with Crippen LogP contribution in [0, 0.1) is 6.92 Å². The number of carbonyl (C=O) groups excluding carboxylic acids is 1. The molecule has 1 amide bonds. The molecule has 27 heavy (non-hydrogen) atoms. The maximum Gasteiger partial charge on any atom is 0.416 e. The Bertz CT molecular complexity index is 964.